The Hall–Kier alpha value is -2.56. The van der Waals surface area contributed by atoms with Crippen molar-refractivity contribution in [1.29, 1.82) is 0 Å². The predicted molar refractivity (Wildman–Crippen MR) is 134 cm³/mol. The molecular weight excluding hydrogens is 416 g/mol. The fraction of sp³-hybridized carbons (Fsp3) is 0.571. The topological polar surface area (TPSA) is 61.8 Å². The van der Waals surface area contributed by atoms with Crippen LogP contribution in [0.25, 0.3) is 6.08 Å². The Balaban J connectivity index is 2.19. The van der Waals surface area contributed by atoms with Gasteiger partial charge in [-0.3, -0.25) is 0 Å². The van der Waals surface area contributed by atoms with Crippen LogP contribution in [0.4, 0.5) is 0 Å². The maximum Gasteiger partial charge on any atom is 0.333 e. The van der Waals surface area contributed by atoms with Crippen molar-refractivity contribution in [1.82, 2.24) is 0 Å². The lowest BCUT2D eigenvalue weighted by Gasteiger charge is -2.18. The summed E-state index contributed by atoms with van der Waals surface area (Å²) in [6.07, 6.45) is 15.2. The van der Waals surface area contributed by atoms with Crippen LogP contribution in [0.3, 0.4) is 0 Å². The standard InChI is InChI=1S/C28H42O5/c1-5-6-7-11-14-26(33-28(30)23(2)3)15-12-9-8-10-13-22-32-25-19-16-24(17-20-25)18-21-27(29)31-4/h16-21,26H,2,5-15,22H2,1,3-4H3. The molecule has 0 radical (unpaired) electrons. The number of ether oxygens (including phenoxy) is 3. The molecule has 0 heterocycles. The predicted octanol–water partition coefficient (Wildman–Crippen LogP) is 7.05. The summed E-state index contributed by atoms with van der Waals surface area (Å²) in [7, 11) is 1.36. The second-order valence-electron chi connectivity index (χ2n) is 8.49. The zero-order valence-corrected chi connectivity index (χ0v) is 20.8. The lowest BCUT2D eigenvalue weighted by atomic mass is 10.0. The molecule has 1 aromatic rings. The van der Waals surface area contributed by atoms with Crippen molar-refractivity contribution >= 4 is 18.0 Å². The number of esters is 2. The van der Waals surface area contributed by atoms with Crippen molar-refractivity contribution in [3.05, 3.63) is 48.1 Å². The highest BCUT2D eigenvalue weighted by molar-refractivity contribution is 5.87. The number of hydrogen-bond acceptors (Lipinski definition) is 5. The molecule has 0 bridgehead atoms. The monoisotopic (exact) mass is 458 g/mol. The summed E-state index contributed by atoms with van der Waals surface area (Å²) in [6.45, 7) is 8.29. The second kappa shape index (κ2) is 17.9. The molecule has 0 aliphatic heterocycles. The van der Waals surface area contributed by atoms with E-state index in [0.29, 0.717) is 12.2 Å². The Kier molecular flexibility index (Phi) is 15.5. The van der Waals surface area contributed by atoms with Gasteiger partial charge in [-0.25, -0.2) is 9.59 Å². The summed E-state index contributed by atoms with van der Waals surface area (Å²) in [5.41, 5.74) is 1.39. The third-order valence-electron chi connectivity index (χ3n) is 5.43. The first-order valence-electron chi connectivity index (χ1n) is 12.3. The Morgan fingerprint density at radius 3 is 2.15 bits per heavy atom. The number of benzene rings is 1. The van der Waals surface area contributed by atoms with Gasteiger partial charge in [0.25, 0.3) is 0 Å². The molecule has 5 heteroatoms. The molecule has 5 nitrogen and oxygen atoms in total. The highest BCUT2D eigenvalue weighted by Crippen LogP contribution is 2.18. The first kappa shape index (κ1) is 28.5. The SMILES string of the molecule is C=C(C)C(=O)OC(CCCCCC)CCCCCCCOc1ccc(C=CC(=O)OC)cc1. The van der Waals surface area contributed by atoms with Crippen LogP contribution in [-0.2, 0) is 19.1 Å². The summed E-state index contributed by atoms with van der Waals surface area (Å²) in [5.74, 6) is 0.196. The van der Waals surface area contributed by atoms with Gasteiger partial charge >= 0.3 is 11.9 Å². The molecule has 1 rings (SSSR count). The van der Waals surface area contributed by atoms with Gasteiger partial charge in [0.2, 0.25) is 0 Å². The van der Waals surface area contributed by atoms with E-state index in [-0.39, 0.29) is 18.0 Å². The zero-order chi connectivity index (χ0) is 24.3. The highest BCUT2D eigenvalue weighted by atomic mass is 16.5. The average molecular weight is 459 g/mol. The first-order valence-corrected chi connectivity index (χ1v) is 12.3. The van der Waals surface area contributed by atoms with E-state index in [0.717, 1.165) is 62.7 Å². The van der Waals surface area contributed by atoms with Gasteiger partial charge in [0.1, 0.15) is 11.9 Å². The lowest BCUT2D eigenvalue weighted by Crippen LogP contribution is -2.18. The maximum absolute atomic E-state index is 11.9. The van der Waals surface area contributed by atoms with Crippen LogP contribution >= 0.6 is 0 Å². The first-order chi connectivity index (χ1) is 16.0. The second-order valence-corrected chi connectivity index (χ2v) is 8.49. The van der Waals surface area contributed by atoms with Crippen LogP contribution in [0.2, 0.25) is 0 Å². The Morgan fingerprint density at radius 2 is 1.55 bits per heavy atom. The van der Waals surface area contributed by atoms with E-state index in [9.17, 15) is 9.59 Å². The van der Waals surface area contributed by atoms with Gasteiger partial charge in [0.15, 0.2) is 0 Å². The van der Waals surface area contributed by atoms with Crippen LogP contribution in [0, 0.1) is 0 Å². The van der Waals surface area contributed by atoms with Crippen LogP contribution < -0.4 is 4.74 Å². The van der Waals surface area contributed by atoms with Crippen LogP contribution in [-0.4, -0.2) is 31.8 Å². The van der Waals surface area contributed by atoms with Crippen molar-refractivity contribution < 1.29 is 23.8 Å². The van der Waals surface area contributed by atoms with E-state index in [2.05, 4.69) is 18.2 Å². The van der Waals surface area contributed by atoms with Crippen molar-refractivity contribution in [2.75, 3.05) is 13.7 Å². The van der Waals surface area contributed by atoms with E-state index in [4.69, 9.17) is 9.47 Å². The Labute approximate surface area is 200 Å². The number of hydrogen-bond donors (Lipinski definition) is 0. The smallest absolute Gasteiger partial charge is 0.333 e. The van der Waals surface area contributed by atoms with Crippen molar-refractivity contribution in [2.24, 2.45) is 0 Å². The van der Waals surface area contributed by atoms with E-state index >= 15 is 0 Å². The summed E-state index contributed by atoms with van der Waals surface area (Å²) >= 11 is 0. The molecule has 0 fully saturated rings. The minimum Gasteiger partial charge on any atom is -0.494 e. The molecule has 1 unspecified atom stereocenters. The van der Waals surface area contributed by atoms with Gasteiger partial charge < -0.3 is 14.2 Å². The fourth-order valence-electron chi connectivity index (χ4n) is 3.41. The van der Waals surface area contributed by atoms with Crippen LogP contribution in [0.15, 0.2) is 42.5 Å². The van der Waals surface area contributed by atoms with Crippen molar-refractivity contribution in [3.8, 4) is 5.75 Å². The summed E-state index contributed by atoms with van der Waals surface area (Å²) in [4.78, 5) is 23.0. The molecule has 33 heavy (non-hydrogen) atoms. The normalized spacial score (nSPS) is 11.8. The summed E-state index contributed by atoms with van der Waals surface area (Å²) in [6, 6.07) is 7.63. The summed E-state index contributed by atoms with van der Waals surface area (Å²) in [5, 5.41) is 0. The Bertz CT molecular complexity index is 720. The molecular formula is C28H42O5. The van der Waals surface area contributed by atoms with Crippen LogP contribution in [0.5, 0.6) is 5.75 Å². The van der Waals surface area contributed by atoms with Gasteiger partial charge in [0, 0.05) is 11.6 Å². The quantitative estimate of drug-likeness (QED) is 0.134. The zero-order valence-electron chi connectivity index (χ0n) is 20.8. The molecule has 1 atom stereocenters. The molecule has 0 N–H and O–H groups in total. The fourth-order valence-corrected chi connectivity index (χ4v) is 3.41. The number of carbonyl (C=O) groups excluding carboxylic acids is 2. The van der Waals surface area contributed by atoms with Gasteiger partial charge in [-0.05, 0) is 62.8 Å². The number of carbonyl (C=O) groups is 2. The third kappa shape index (κ3) is 14.3. The van der Waals surface area contributed by atoms with Crippen molar-refractivity contribution in [3.63, 3.8) is 0 Å². The molecule has 184 valence electrons. The molecule has 0 spiro atoms. The minimum atomic E-state index is -0.370. The molecule has 0 saturated carbocycles. The average Bonchev–Trinajstić information content (AvgIpc) is 2.82. The van der Waals surface area contributed by atoms with Gasteiger partial charge in [-0.2, -0.15) is 0 Å². The number of rotatable bonds is 18. The number of methoxy groups -OCH3 is 1. The van der Waals surface area contributed by atoms with E-state index < -0.39 is 0 Å². The lowest BCUT2D eigenvalue weighted by molar-refractivity contribution is -0.145. The van der Waals surface area contributed by atoms with E-state index in [1.54, 1.807) is 13.0 Å². The van der Waals surface area contributed by atoms with Crippen LogP contribution in [0.1, 0.15) is 90.0 Å². The molecule has 0 saturated heterocycles. The molecule has 0 aliphatic carbocycles. The van der Waals surface area contributed by atoms with Gasteiger partial charge in [0.05, 0.1) is 13.7 Å². The minimum absolute atomic E-state index is 0.0137. The molecule has 0 aromatic heterocycles. The molecule has 1 aromatic carbocycles. The molecule has 0 amide bonds. The highest BCUT2D eigenvalue weighted by Gasteiger charge is 2.14. The van der Waals surface area contributed by atoms with Crippen molar-refractivity contribution in [2.45, 2.75) is 90.6 Å². The van der Waals surface area contributed by atoms with Gasteiger partial charge in [-0.15, -0.1) is 0 Å². The Morgan fingerprint density at radius 1 is 0.939 bits per heavy atom. The maximum atomic E-state index is 11.9. The number of unbranched alkanes of at least 4 members (excludes halogenated alkanes) is 7. The third-order valence-corrected chi connectivity index (χ3v) is 5.43. The summed E-state index contributed by atoms with van der Waals surface area (Å²) < 4.78 is 16.0. The van der Waals surface area contributed by atoms with Gasteiger partial charge in [-0.1, -0.05) is 64.2 Å². The largest absolute Gasteiger partial charge is 0.494 e. The van der Waals surface area contributed by atoms with E-state index in [1.807, 2.05) is 24.3 Å². The van der Waals surface area contributed by atoms with E-state index in [1.165, 1.54) is 32.4 Å². The molecule has 0 aliphatic rings.